The second-order valence-electron chi connectivity index (χ2n) is 7.29. The van der Waals surface area contributed by atoms with Crippen LogP contribution in [0.25, 0.3) is 0 Å². The SMILES string of the molecule is CN1C(=CC=C(C#N)C(=O)NCC2CCCO2)C(C)(C)c2ccccc21. The number of nitrogens with one attached hydrogen (secondary N) is 1. The summed E-state index contributed by atoms with van der Waals surface area (Å²) in [6, 6.07) is 10.3. The lowest BCUT2D eigenvalue weighted by Crippen LogP contribution is -2.32. The van der Waals surface area contributed by atoms with Gasteiger partial charge in [0.2, 0.25) is 0 Å². The summed E-state index contributed by atoms with van der Waals surface area (Å²) in [4.78, 5) is 14.4. The molecule has 1 aromatic carbocycles. The van der Waals surface area contributed by atoms with Gasteiger partial charge in [0.25, 0.3) is 5.91 Å². The highest BCUT2D eigenvalue weighted by Crippen LogP contribution is 2.46. The molecule has 2 aliphatic heterocycles. The fourth-order valence-corrected chi connectivity index (χ4v) is 3.73. The maximum Gasteiger partial charge on any atom is 0.262 e. The maximum absolute atomic E-state index is 12.3. The van der Waals surface area contributed by atoms with E-state index in [4.69, 9.17) is 4.74 Å². The van der Waals surface area contributed by atoms with Crippen LogP contribution in [-0.2, 0) is 14.9 Å². The van der Waals surface area contributed by atoms with Gasteiger partial charge in [-0.3, -0.25) is 4.79 Å². The number of benzene rings is 1. The van der Waals surface area contributed by atoms with Crippen molar-refractivity contribution in [2.75, 3.05) is 25.1 Å². The summed E-state index contributed by atoms with van der Waals surface area (Å²) in [5, 5.41) is 12.2. The first-order valence-corrected chi connectivity index (χ1v) is 9.00. The Hall–Kier alpha value is -2.58. The third-order valence-corrected chi connectivity index (χ3v) is 5.23. The van der Waals surface area contributed by atoms with Crippen molar-refractivity contribution in [3.05, 3.63) is 53.3 Å². The third kappa shape index (κ3) is 3.38. The Kier molecular flexibility index (Phi) is 5.15. The number of nitriles is 1. The fraction of sp³-hybridized carbons (Fsp3) is 0.429. The average molecular weight is 351 g/mol. The Morgan fingerprint density at radius 3 is 2.88 bits per heavy atom. The van der Waals surface area contributed by atoms with Gasteiger partial charge in [0.05, 0.1) is 6.10 Å². The Labute approximate surface area is 154 Å². The molecule has 0 radical (unpaired) electrons. The van der Waals surface area contributed by atoms with Gasteiger partial charge < -0.3 is 15.0 Å². The molecule has 136 valence electrons. The van der Waals surface area contributed by atoms with E-state index in [1.807, 2.05) is 31.3 Å². The molecule has 0 spiro atoms. The van der Waals surface area contributed by atoms with Crippen molar-refractivity contribution in [3.8, 4) is 6.07 Å². The lowest BCUT2D eigenvalue weighted by molar-refractivity contribution is -0.117. The Balaban J connectivity index is 1.77. The summed E-state index contributed by atoms with van der Waals surface area (Å²) < 4.78 is 5.50. The number of amides is 1. The van der Waals surface area contributed by atoms with Crippen LogP contribution in [0.1, 0.15) is 32.3 Å². The molecule has 5 heteroatoms. The summed E-state index contributed by atoms with van der Waals surface area (Å²) in [6.07, 6.45) is 5.53. The van der Waals surface area contributed by atoms with E-state index >= 15 is 0 Å². The molecule has 2 heterocycles. The number of hydrogen-bond donors (Lipinski definition) is 1. The second kappa shape index (κ2) is 7.35. The molecule has 0 bridgehead atoms. The van der Waals surface area contributed by atoms with Gasteiger partial charge in [-0.15, -0.1) is 0 Å². The molecule has 5 nitrogen and oxygen atoms in total. The van der Waals surface area contributed by atoms with Gasteiger partial charge in [-0.1, -0.05) is 32.0 Å². The van der Waals surface area contributed by atoms with E-state index in [0.29, 0.717) is 6.54 Å². The number of carbonyl (C=O) groups excluding carboxylic acids is 1. The van der Waals surface area contributed by atoms with E-state index in [2.05, 4.69) is 36.2 Å². The second-order valence-corrected chi connectivity index (χ2v) is 7.29. The van der Waals surface area contributed by atoms with E-state index in [9.17, 15) is 10.1 Å². The van der Waals surface area contributed by atoms with Crippen molar-refractivity contribution in [2.24, 2.45) is 0 Å². The monoisotopic (exact) mass is 351 g/mol. The predicted molar refractivity (Wildman–Crippen MR) is 102 cm³/mol. The molecule has 0 aromatic heterocycles. The summed E-state index contributed by atoms with van der Waals surface area (Å²) in [6.45, 7) is 5.50. The standard InChI is InChI=1S/C21H25N3O2/c1-21(2)17-8-4-5-9-18(17)24(3)19(21)11-10-15(13-22)20(25)23-14-16-7-6-12-26-16/h4-5,8-11,16H,6-7,12,14H2,1-3H3,(H,23,25). The molecule has 26 heavy (non-hydrogen) atoms. The molecule has 1 N–H and O–H groups in total. The number of rotatable bonds is 4. The fourth-order valence-electron chi connectivity index (χ4n) is 3.73. The molecule has 1 unspecified atom stereocenters. The van der Waals surface area contributed by atoms with Gasteiger partial charge in [0.1, 0.15) is 11.6 Å². The summed E-state index contributed by atoms with van der Waals surface area (Å²) >= 11 is 0. The lowest BCUT2D eigenvalue weighted by atomic mass is 9.83. The number of fused-ring (bicyclic) bond motifs is 1. The number of carbonyl (C=O) groups is 1. The van der Waals surface area contributed by atoms with Crippen LogP contribution in [-0.4, -0.2) is 32.2 Å². The molecule has 1 fully saturated rings. The molecule has 2 aliphatic rings. The molecule has 3 rings (SSSR count). The average Bonchev–Trinajstić information content (AvgIpc) is 3.22. The molecule has 1 saturated heterocycles. The summed E-state index contributed by atoms with van der Waals surface area (Å²) in [5.74, 6) is -0.351. The molecular formula is C21H25N3O2. The molecule has 0 aliphatic carbocycles. The predicted octanol–water partition coefficient (Wildman–Crippen LogP) is 3.04. The van der Waals surface area contributed by atoms with Crippen LogP contribution in [0, 0.1) is 11.3 Å². The smallest absolute Gasteiger partial charge is 0.262 e. The zero-order valence-corrected chi connectivity index (χ0v) is 15.6. The Morgan fingerprint density at radius 2 is 2.23 bits per heavy atom. The minimum atomic E-state index is -0.351. The third-order valence-electron chi connectivity index (χ3n) is 5.23. The van der Waals surface area contributed by atoms with Gasteiger partial charge in [-0.25, -0.2) is 0 Å². The van der Waals surface area contributed by atoms with Crippen LogP contribution in [0.2, 0.25) is 0 Å². The topological polar surface area (TPSA) is 65.4 Å². The number of hydrogen-bond acceptors (Lipinski definition) is 4. The minimum Gasteiger partial charge on any atom is -0.376 e. The van der Waals surface area contributed by atoms with Gasteiger partial charge >= 0.3 is 0 Å². The highest BCUT2D eigenvalue weighted by molar-refractivity contribution is 5.97. The van der Waals surface area contributed by atoms with Crippen molar-refractivity contribution < 1.29 is 9.53 Å². The van der Waals surface area contributed by atoms with Crippen molar-refractivity contribution >= 4 is 11.6 Å². The van der Waals surface area contributed by atoms with E-state index in [1.165, 1.54) is 5.56 Å². The number of anilines is 1. The van der Waals surface area contributed by atoms with Gasteiger partial charge in [-0.05, 0) is 36.6 Å². The number of ether oxygens (including phenoxy) is 1. The van der Waals surface area contributed by atoms with E-state index < -0.39 is 0 Å². The van der Waals surface area contributed by atoms with E-state index in [1.54, 1.807) is 6.08 Å². The van der Waals surface area contributed by atoms with Crippen molar-refractivity contribution in [1.82, 2.24) is 5.32 Å². The lowest BCUT2D eigenvalue weighted by Gasteiger charge is -2.23. The van der Waals surface area contributed by atoms with Crippen LogP contribution in [0.15, 0.2) is 47.7 Å². The van der Waals surface area contributed by atoms with Crippen LogP contribution in [0.4, 0.5) is 5.69 Å². The molecule has 1 aromatic rings. The van der Waals surface area contributed by atoms with Crippen LogP contribution >= 0.6 is 0 Å². The quantitative estimate of drug-likeness (QED) is 0.669. The molecule has 0 saturated carbocycles. The summed E-state index contributed by atoms with van der Waals surface area (Å²) in [7, 11) is 2.01. The highest BCUT2D eigenvalue weighted by atomic mass is 16.5. The normalized spacial score (nSPS) is 23.0. The highest BCUT2D eigenvalue weighted by Gasteiger charge is 2.37. The zero-order valence-electron chi connectivity index (χ0n) is 15.6. The molecule has 1 amide bonds. The maximum atomic E-state index is 12.3. The first-order valence-electron chi connectivity index (χ1n) is 9.00. The van der Waals surface area contributed by atoms with E-state index in [-0.39, 0.29) is 23.0 Å². The van der Waals surface area contributed by atoms with E-state index in [0.717, 1.165) is 30.8 Å². The van der Waals surface area contributed by atoms with Crippen molar-refractivity contribution in [2.45, 2.75) is 38.2 Å². The van der Waals surface area contributed by atoms with Gasteiger partial charge in [0, 0.05) is 37.0 Å². The van der Waals surface area contributed by atoms with Crippen molar-refractivity contribution in [3.63, 3.8) is 0 Å². The largest absolute Gasteiger partial charge is 0.376 e. The number of allylic oxidation sites excluding steroid dienone is 3. The van der Waals surface area contributed by atoms with Gasteiger partial charge in [-0.2, -0.15) is 5.26 Å². The van der Waals surface area contributed by atoms with Crippen LogP contribution < -0.4 is 10.2 Å². The first kappa shape index (κ1) is 18.2. The Bertz CT molecular complexity index is 796. The summed E-state index contributed by atoms with van der Waals surface area (Å²) in [5.41, 5.74) is 3.37. The Morgan fingerprint density at radius 1 is 1.46 bits per heavy atom. The number of likely N-dealkylation sites (N-methyl/N-ethyl adjacent to an activating group) is 1. The molecular weight excluding hydrogens is 326 g/mol. The number of para-hydroxylation sites is 1. The molecule has 1 atom stereocenters. The van der Waals surface area contributed by atoms with Crippen LogP contribution in [0.3, 0.4) is 0 Å². The first-order chi connectivity index (χ1) is 12.4. The van der Waals surface area contributed by atoms with Crippen LogP contribution in [0.5, 0.6) is 0 Å². The van der Waals surface area contributed by atoms with Crippen molar-refractivity contribution in [1.29, 1.82) is 5.26 Å². The number of nitrogens with zero attached hydrogens (tertiary/aromatic N) is 2. The minimum absolute atomic E-state index is 0.0617. The van der Waals surface area contributed by atoms with Gasteiger partial charge in [0.15, 0.2) is 0 Å². The zero-order chi connectivity index (χ0) is 18.7.